The van der Waals surface area contributed by atoms with Crippen molar-refractivity contribution >= 4 is 56.5 Å². The van der Waals surface area contributed by atoms with Crippen molar-refractivity contribution in [2.75, 3.05) is 31.3 Å². The van der Waals surface area contributed by atoms with Gasteiger partial charge in [0.1, 0.15) is 10.6 Å². The fourth-order valence-electron chi connectivity index (χ4n) is 4.19. The third kappa shape index (κ3) is 5.15. The molecule has 0 spiro atoms. The largest absolute Gasteiger partial charge is 0.494 e. The van der Waals surface area contributed by atoms with E-state index in [1.165, 1.54) is 16.6 Å². The number of carbonyl (C=O) groups is 1. The number of hydrogen-bond donors (Lipinski definition) is 1. The van der Waals surface area contributed by atoms with Gasteiger partial charge < -0.3 is 15.0 Å². The highest BCUT2D eigenvalue weighted by Gasteiger charge is 2.24. The molecule has 0 aliphatic carbocycles. The van der Waals surface area contributed by atoms with Crippen LogP contribution in [0.2, 0.25) is 5.02 Å². The maximum Gasteiger partial charge on any atom is 0.267 e. The van der Waals surface area contributed by atoms with Gasteiger partial charge in [-0.3, -0.25) is 14.2 Å². The molecule has 1 N–H and O–H groups in total. The Balaban J connectivity index is 1.46. The number of thioether (sulfide) groups is 1. The quantitative estimate of drug-likeness (QED) is 0.256. The summed E-state index contributed by atoms with van der Waals surface area (Å²) in [6.45, 7) is 4.22. The van der Waals surface area contributed by atoms with Gasteiger partial charge in [0, 0.05) is 28.7 Å². The summed E-state index contributed by atoms with van der Waals surface area (Å²) in [6.07, 6.45) is 0.820. The van der Waals surface area contributed by atoms with Crippen LogP contribution in [-0.4, -0.2) is 46.3 Å². The highest BCUT2D eigenvalue weighted by molar-refractivity contribution is 7.99. The lowest BCUT2D eigenvalue weighted by Gasteiger charge is -2.21. The first-order valence-electron chi connectivity index (χ1n) is 11.6. The molecule has 2 aromatic heterocycles. The predicted molar refractivity (Wildman–Crippen MR) is 147 cm³/mol. The molecule has 0 atom stereocenters. The lowest BCUT2D eigenvalue weighted by molar-refractivity contribution is -0.113. The summed E-state index contributed by atoms with van der Waals surface area (Å²) in [4.78, 5) is 35.6. The second-order valence-corrected chi connectivity index (χ2v) is 10.9. The number of hydrogen-bond acceptors (Lipinski definition) is 7. The molecular weight excluding hydrogens is 516 g/mol. The minimum Gasteiger partial charge on any atom is -0.494 e. The number of amides is 1. The van der Waals surface area contributed by atoms with Crippen molar-refractivity contribution < 1.29 is 9.53 Å². The molecule has 1 aliphatic heterocycles. The Morgan fingerprint density at radius 3 is 2.67 bits per heavy atom. The number of thiophene rings is 1. The molecule has 0 unspecified atom stereocenters. The Hall–Kier alpha value is -2.85. The van der Waals surface area contributed by atoms with Gasteiger partial charge in [0.2, 0.25) is 5.91 Å². The zero-order valence-electron chi connectivity index (χ0n) is 19.9. The molecule has 4 aromatic rings. The molecule has 1 amide bonds. The van der Waals surface area contributed by atoms with E-state index < -0.39 is 0 Å². The molecule has 0 saturated carbocycles. The topological polar surface area (TPSA) is 76.5 Å². The smallest absolute Gasteiger partial charge is 0.267 e. The van der Waals surface area contributed by atoms with Crippen molar-refractivity contribution in [1.29, 1.82) is 0 Å². The Morgan fingerprint density at radius 1 is 1.19 bits per heavy atom. The van der Waals surface area contributed by atoms with Gasteiger partial charge in [-0.05, 0) is 74.5 Å². The van der Waals surface area contributed by atoms with E-state index in [-0.39, 0.29) is 17.2 Å². The molecule has 7 nitrogen and oxygen atoms in total. The van der Waals surface area contributed by atoms with Gasteiger partial charge in [-0.1, -0.05) is 23.4 Å². The van der Waals surface area contributed by atoms with E-state index in [1.807, 2.05) is 19.1 Å². The Bertz CT molecular complexity index is 1470. The van der Waals surface area contributed by atoms with Crippen LogP contribution >= 0.6 is 34.7 Å². The maximum absolute atomic E-state index is 13.8. The van der Waals surface area contributed by atoms with Gasteiger partial charge in [-0.2, -0.15) is 0 Å². The average Bonchev–Trinajstić information content (AvgIpc) is 3.22. The molecule has 1 aliphatic rings. The standard InChI is InChI=1S/C26H25ClN4O3S2/c1-3-34-19-10-6-17(7-11-19)28-22(32)15-35-26-29-24-23(20-12-13-30(2)14-21(20)36-24)25(33)31(26)18-8-4-16(27)5-9-18/h4-11H,3,12-15H2,1-2H3,(H,28,32). The van der Waals surface area contributed by atoms with Crippen LogP contribution in [0.5, 0.6) is 5.75 Å². The average molecular weight is 541 g/mol. The van der Waals surface area contributed by atoms with Crippen LogP contribution in [-0.2, 0) is 17.8 Å². The second-order valence-electron chi connectivity index (χ2n) is 8.48. The lowest BCUT2D eigenvalue weighted by Crippen LogP contribution is -2.27. The van der Waals surface area contributed by atoms with E-state index in [1.54, 1.807) is 52.3 Å². The van der Waals surface area contributed by atoms with E-state index in [4.69, 9.17) is 21.3 Å². The molecular formula is C26H25ClN4O3S2. The first kappa shape index (κ1) is 24.8. The van der Waals surface area contributed by atoms with Crippen LogP contribution < -0.4 is 15.6 Å². The summed E-state index contributed by atoms with van der Waals surface area (Å²) < 4.78 is 7.04. The number of carbonyl (C=O) groups excluding carboxylic acids is 1. The van der Waals surface area contributed by atoms with E-state index in [2.05, 4.69) is 17.3 Å². The Morgan fingerprint density at radius 2 is 1.94 bits per heavy atom. The van der Waals surface area contributed by atoms with Crippen molar-refractivity contribution in [2.24, 2.45) is 0 Å². The SMILES string of the molecule is CCOc1ccc(NC(=O)CSc2nc3sc4c(c3c(=O)n2-c2ccc(Cl)cc2)CCN(C)C4)cc1. The molecule has 5 rings (SSSR count). The fraction of sp³-hybridized carbons (Fsp3) is 0.269. The van der Waals surface area contributed by atoms with Crippen LogP contribution in [0.25, 0.3) is 15.9 Å². The summed E-state index contributed by atoms with van der Waals surface area (Å²) >= 11 is 8.91. The van der Waals surface area contributed by atoms with E-state index in [0.29, 0.717) is 33.5 Å². The highest BCUT2D eigenvalue weighted by atomic mass is 35.5. The maximum atomic E-state index is 13.8. The Labute approximate surface area is 222 Å². The Kier molecular flexibility index (Phi) is 7.34. The summed E-state index contributed by atoms with van der Waals surface area (Å²) in [5.41, 5.74) is 2.33. The van der Waals surface area contributed by atoms with Crippen LogP contribution in [0.15, 0.2) is 58.5 Å². The number of anilines is 1. The highest BCUT2D eigenvalue weighted by Crippen LogP contribution is 2.34. The number of aromatic nitrogens is 2. The molecule has 36 heavy (non-hydrogen) atoms. The number of benzene rings is 2. The van der Waals surface area contributed by atoms with Gasteiger partial charge >= 0.3 is 0 Å². The summed E-state index contributed by atoms with van der Waals surface area (Å²) in [5.74, 6) is 0.666. The monoisotopic (exact) mass is 540 g/mol. The molecule has 0 fully saturated rings. The van der Waals surface area contributed by atoms with E-state index >= 15 is 0 Å². The molecule has 10 heteroatoms. The van der Waals surface area contributed by atoms with Crippen molar-refractivity contribution in [3.8, 4) is 11.4 Å². The number of rotatable bonds is 7. The molecule has 0 radical (unpaired) electrons. The predicted octanol–water partition coefficient (Wildman–Crippen LogP) is 5.22. The molecule has 0 saturated heterocycles. The minimum atomic E-state index is -0.187. The van der Waals surface area contributed by atoms with Gasteiger partial charge in [-0.15, -0.1) is 11.3 Å². The van der Waals surface area contributed by atoms with Crippen molar-refractivity contribution in [3.05, 3.63) is 74.3 Å². The minimum absolute atomic E-state index is 0.104. The van der Waals surface area contributed by atoms with Crippen LogP contribution in [0.1, 0.15) is 17.4 Å². The summed E-state index contributed by atoms with van der Waals surface area (Å²) in [5, 5.41) is 4.64. The van der Waals surface area contributed by atoms with Crippen molar-refractivity contribution in [3.63, 3.8) is 0 Å². The van der Waals surface area contributed by atoms with Gasteiger partial charge in [0.15, 0.2) is 5.16 Å². The number of nitrogens with one attached hydrogen (secondary N) is 1. The number of nitrogens with zero attached hydrogens (tertiary/aromatic N) is 3. The van der Waals surface area contributed by atoms with Crippen LogP contribution in [0, 0.1) is 0 Å². The van der Waals surface area contributed by atoms with Gasteiger partial charge in [-0.25, -0.2) is 4.98 Å². The molecule has 186 valence electrons. The second kappa shape index (κ2) is 10.6. The third-order valence-electron chi connectivity index (χ3n) is 5.90. The molecule has 2 aromatic carbocycles. The van der Waals surface area contributed by atoms with E-state index in [9.17, 15) is 9.59 Å². The third-order valence-corrected chi connectivity index (χ3v) is 8.20. The number of ether oxygens (including phenoxy) is 1. The number of fused-ring (bicyclic) bond motifs is 3. The number of halogens is 1. The zero-order chi connectivity index (χ0) is 25.2. The van der Waals surface area contributed by atoms with Gasteiger partial charge in [0.05, 0.1) is 23.4 Å². The molecule has 3 heterocycles. The normalized spacial score (nSPS) is 13.5. The summed E-state index contributed by atoms with van der Waals surface area (Å²) in [7, 11) is 2.08. The van der Waals surface area contributed by atoms with Crippen molar-refractivity contribution in [2.45, 2.75) is 25.0 Å². The summed E-state index contributed by atoms with van der Waals surface area (Å²) in [6, 6.07) is 14.3. The first-order valence-corrected chi connectivity index (χ1v) is 13.8. The fourth-order valence-corrected chi connectivity index (χ4v) is 6.47. The van der Waals surface area contributed by atoms with Crippen molar-refractivity contribution in [1.82, 2.24) is 14.5 Å². The van der Waals surface area contributed by atoms with Crippen LogP contribution in [0.4, 0.5) is 5.69 Å². The number of likely N-dealkylation sites (N-methyl/N-ethyl adjacent to an activating group) is 1. The van der Waals surface area contributed by atoms with E-state index in [0.717, 1.165) is 35.7 Å². The lowest BCUT2D eigenvalue weighted by atomic mass is 10.1. The van der Waals surface area contributed by atoms with Gasteiger partial charge in [0.25, 0.3) is 5.56 Å². The zero-order valence-corrected chi connectivity index (χ0v) is 22.3. The van der Waals surface area contributed by atoms with Crippen LogP contribution in [0.3, 0.4) is 0 Å². The molecule has 0 bridgehead atoms. The first-order chi connectivity index (χ1) is 17.4.